The van der Waals surface area contributed by atoms with Crippen LogP contribution in [0.2, 0.25) is 0 Å². The summed E-state index contributed by atoms with van der Waals surface area (Å²) in [5.41, 5.74) is 0. The lowest BCUT2D eigenvalue weighted by Crippen LogP contribution is -2.39. The Morgan fingerprint density at radius 2 is 2.28 bits per heavy atom. The molecule has 1 N–H and O–H groups in total. The molecule has 1 saturated carbocycles. The number of sulfone groups is 1. The fraction of sp³-hybridized carbons (Fsp3) is 0.750. The third-order valence-corrected chi connectivity index (χ3v) is 6.27. The molecular formula is C12H20N2O2S2. The first-order chi connectivity index (χ1) is 8.50. The van der Waals surface area contributed by atoms with E-state index in [4.69, 9.17) is 0 Å². The molecule has 0 amide bonds. The van der Waals surface area contributed by atoms with Crippen molar-refractivity contribution in [2.75, 3.05) is 6.26 Å². The van der Waals surface area contributed by atoms with Gasteiger partial charge in [0.25, 0.3) is 0 Å². The minimum atomic E-state index is -2.94. The van der Waals surface area contributed by atoms with Gasteiger partial charge < -0.3 is 5.32 Å². The summed E-state index contributed by atoms with van der Waals surface area (Å²) in [6.07, 6.45) is 6.99. The van der Waals surface area contributed by atoms with Crippen LogP contribution in [0.15, 0.2) is 6.20 Å². The zero-order valence-corrected chi connectivity index (χ0v) is 12.5. The second-order valence-electron chi connectivity index (χ2n) is 4.86. The van der Waals surface area contributed by atoms with Crippen LogP contribution in [0.1, 0.15) is 36.1 Å². The highest BCUT2D eigenvalue weighted by Gasteiger charge is 2.34. The van der Waals surface area contributed by atoms with E-state index in [1.54, 1.807) is 11.3 Å². The number of aryl methyl sites for hydroxylation is 1. The molecule has 1 aromatic rings. The number of hydrogen-bond donors (Lipinski definition) is 1. The molecule has 1 fully saturated rings. The van der Waals surface area contributed by atoms with Crippen LogP contribution in [0.4, 0.5) is 0 Å². The van der Waals surface area contributed by atoms with E-state index in [0.717, 1.165) is 30.7 Å². The largest absolute Gasteiger partial charge is 0.306 e. The molecule has 4 nitrogen and oxygen atoms in total. The average molecular weight is 288 g/mol. The van der Waals surface area contributed by atoms with Crippen LogP contribution in [0, 0.1) is 0 Å². The maximum atomic E-state index is 11.7. The van der Waals surface area contributed by atoms with Crippen molar-refractivity contribution in [2.45, 2.75) is 50.4 Å². The highest BCUT2D eigenvalue weighted by Crippen LogP contribution is 2.25. The van der Waals surface area contributed by atoms with E-state index in [9.17, 15) is 8.42 Å². The first-order valence-corrected chi connectivity index (χ1v) is 9.13. The van der Waals surface area contributed by atoms with Crippen molar-refractivity contribution in [3.63, 3.8) is 0 Å². The van der Waals surface area contributed by atoms with Crippen molar-refractivity contribution in [1.29, 1.82) is 0 Å². The van der Waals surface area contributed by atoms with E-state index in [2.05, 4.69) is 17.2 Å². The van der Waals surface area contributed by atoms with Gasteiger partial charge in [0.15, 0.2) is 9.84 Å². The summed E-state index contributed by atoms with van der Waals surface area (Å²) in [6.45, 7) is 2.79. The Hall–Kier alpha value is -0.460. The van der Waals surface area contributed by atoms with Crippen LogP contribution in [-0.2, 0) is 22.8 Å². The summed E-state index contributed by atoms with van der Waals surface area (Å²) in [4.78, 5) is 5.62. The van der Waals surface area contributed by atoms with E-state index in [1.807, 2.05) is 6.20 Å². The third kappa shape index (κ3) is 3.30. The number of nitrogens with one attached hydrogen (secondary N) is 1. The van der Waals surface area contributed by atoms with Crippen molar-refractivity contribution >= 4 is 21.2 Å². The zero-order valence-electron chi connectivity index (χ0n) is 10.8. The van der Waals surface area contributed by atoms with Crippen LogP contribution in [0.5, 0.6) is 0 Å². The summed E-state index contributed by atoms with van der Waals surface area (Å²) in [7, 11) is -2.94. The lowest BCUT2D eigenvalue weighted by atomic mass is 10.2. The first kappa shape index (κ1) is 14.0. The fourth-order valence-corrected chi connectivity index (χ4v) is 4.72. The number of rotatable bonds is 5. The summed E-state index contributed by atoms with van der Waals surface area (Å²) >= 11 is 1.70. The smallest absolute Gasteiger partial charge is 0.151 e. The molecule has 0 saturated heterocycles. The normalized spacial score (nSPS) is 24.6. The molecule has 102 valence electrons. The molecule has 6 heteroatoms. The van der Waals surface area contributed by atoms with Crippen molar-refractivity contribution in [3.05, 3.63) is 16.1 Å². The van der Waals surface area contributed by atoms with Gasteiger partial charge in [-0.3, -0.25) is 0 Å². The van der Waals surface area contributed by atoms with E-state index in [0.29, 0.717) is 6.54 Å². The third-order valence-electron chi connectivity index (χ3n) is 3.47. The molecule has 1 aromatic heterocycles. The fourth-order valence-electron chi connectivity index (χ4n) is 2.48. The standard InChI is InChI=1S/C12H20N2O2S2/c1-3-9-7-14-12(17-9)8-13-10-5-4-6-11(10)18(2,15)16/h7,10-11,13H,3-6,8H2,1-2H3. The van der Waals surface area contributed by atoms with Crippen LogP contribution in [0.25, 0.3) is 0 Å². The van der Waals surface area contributed by atoms with Crippen LogP contribution in [0.3, 0.4) is 0 Å². The first-order valence-electron chi connectivity index (χ1n) is 6.36. The molecule has 18 heavy (non-hydrogen) atoms. The molecule has 1 heterocycles. The average Bonchev–Trinajstić information content (AvgIpc) is 2.94. The maximum absolute atomic E-state index is 11.7. The van der Waals surface area contributed by atoms with Gasteiger partial charge in [-0.15, -0.1) is 11.3 Å². The second kappa shape index (κ2) is 5.67. The molecule has 0 aromatic carbocycles. The second-order valence-corrected chi connectivity index (χ2v) is 8.32. The lowest BCUT2D eigenvalue weighted by molar-refractivity contribution is 0.506. The van der Waals surface area contributed by atoms with Gasteiger partial charge in [-0.25, -0.2) is 13.4 Å². The van der Waals surface area contributed by atoms with Crippen molar-refractivity contribution < 1.29 is 8.42 Å². The van der Waals surface area contributed by atoms with Gasteiger partial charge in [-0.2, -0.15) is 0 Å². The van der Waals surface area contributed by atoms with Gasteiger partial charge in [0, 0.05) is 29.9 Å². The van der Waals surface area contributed by atoms with Gasteiger partial charge in [-0.05, 0) is 19.3 Å². The van der Waals surface area contributed by atoms with Crippen molar-refractivity contribution in [2.24, 2.45) is 0 Å². The van der Waals surface area contributed by atoms with E-state index >= 15 is 0 Å². The number of nitrogens with zero attached hydrogens (tertiary/aromatic N) is 1. The Labute approximate surface area is 113 Å². The Balaban J connectivity index is 1.93. The quantitative estimate of drug-likeness (QED) is 0.897. The van der Waals surface area contributed by atoms with Gasteiger partial charge >= 0.3 is 0 Å². The maximum Gasteiger partial charge on any atom is 0.151 e. The molecule has 0 bridgehead atoms. The summed E-state index contributed by atoms with van der Waals surface area (Å²) in [6, 6.07) is 0.0916. The Kier molecular flexibility index (Phi) is 4.40. The van der Waals surface area contributed by atoms with Crippen LogP contribution >= 0.6 is 11.3 Å². The molecule has 1 aliphatic rings. The number of aromatic nitrogens is 1. The highest BCUT2D eigenvalue weighted by molar-refractivity contribution is 7.91. The number of thiazole rings is 1. The van der Waals surface area contributed by atoms with Gasteiger partial charge in [0.2, 0.25) is 0 Å². The molecule has 1 aliphatic carbocycles. The lowest BCUT2D eigenvalue weighted by Gasteiger charge is -2.18. The SMILES string of the molecule is CCc1cnc(CNC2CCCC2S(C)(=O)=O)s1. The molecule has 0 aliphatic heterocycles. The van der Waals surface area contributed by atoms with Gasteiger partial charge in [0.1, 0.15) is 5.01 Å². The minimum absolute atomic E-state index is 0.0916. The molecule has 0 spiro atoms. The van der Waals surface area contributed by atoms with Crippen molar-refractivity contribution in [3.8, 4) is 0 Å². The molecule has 2 rings (SSSR count). The molecule has 0 radical (unpaired) electrons. The molecular weight excluding hydrogens is 268 g/mol. The van der Waals surface area contributed by atoms with Crippen LogP contribution in [-0.4, -0.2) is 30.9 Å². The summed E-state index contributed by atoms with van der Waals surface area (Å²) in [5, 5.41) is 4.19. The zero-order chi connectivity index (χ0) is 13.2. The monoisotopic (exact) mass is 288 g/mol. The minimum Gasteiger partial charge on any atom is -0.306 e. The van der Waals surface area contributed by atoms with Crippen LogP contribution < -0.4 is 5.32 Å². The van der Waals surface area contributed by atoms with E-state index in [-0.39, 0.29) is 11.3 Å². The summed E-state index contributed by atoms with van der Waals surface area (Å²) in [5.74, 6) is 0. The summed E-state index contributed by atoms with van der Waals surface area (Å²) < 4.78 is 23.3. The van der Waals surface area contributed by atoms with E-state index < -0.39 is 9.84 Å². The predicted octanol–water partition coefficient (Wildman–Crippen LogP) is 1.76. The molecule has 2 atom stereocenters. The van der Waals surface area contributed by atoms with Gasteiger partial charge in [0.05, 0.1) is 5.25 Å². The Bertz CT molecular complexity index is 496. The van der Waals surface area contributed by atoms with E-state index in [1.165, 1.54) is 11.1 Å². The van der Waals surface area contributed by atoms with Gasteiger partial charge in [-0.1, -0.05) is 13.3 Å². The highest BCUT2D eigenvalue weighted by atomic mass is 32.2. The van der Waals surface area contributed by atoms with Crippen molar-refractivity contribution in [1.82, 2.24) is 10.3 Å². The number of hydrogen-bond acceptors (Lipinski definition) is 5. The predicted molar refractivity (Wildman–Crippen MR) is 74.6 cm³/mol. The Morgan fingerprint density at radius 1 is 1.50 bits per heavy atom. The topological polar surface area (TPSA) is 59.1 Å². The molecule has 2 unspecified atom stereocenters. The Morgan fingerprint density at radius 3 is 2.89 bits per heavy atom.